The van der Waals surface area contributed by atoms with Crippen molar-refractivity contribution in [2.45, 2.75) is 45.1 Å². The third-order valence-corrected chi connectivity index (χ3v) is 6.07. The van der Waals surface area contributed by atoms with Crippen LogP contribution in [0.2, 0.25) is 0 Å². The van der Waals surface area contributed by atoms with Gasteiger partial charge in [-0.2, -0.15) is 4.31 Å². The lowest BCUT2D eigenvalue weighted by Gasteiger charge is -2.22. The number of aryl methyl sites for hydroxylation is 2. The Hall–Kier alpha value is -0.910. The smallest absolute Gasteiger partial charge is 0.243 e. The molecule has 20 heavy (non-hydrogen) atoms. The zero-order valence-electron chi connectivity index (χ0n) is 12.5. The zero-order valence-corrected chi connectivity index (χ0v) is 13.3. The summed E-state index contributed by atoms with van der Waals surface area (Å²) in [5, 5.41) is 0. The van der Waals surface area contributed by atoms with E-state index in [1.165, 1.54) is 0 Å². The molecule has 0 aliphatic heterocycles. The summed E-state index contributed by atoms with van der Waals surface area (Å²) in [5.41, 5.74) is 8.45. The summed E-state index contributed by atoms with van der Waals surface area (Å²) in [6.07, 6.45) is 2.29. The molecule has 4 nitrogen and oxygen atoms in total. The van der Waals surface area contributed by atoms with Gasteiger partial charge in [0.25, 0.3) is 0 Å². The lowest BCUT2D eigenvalue weighted by Crippen LogP contribution is -2.33. The van der Waals surface area contributed by atoms with Crippen LogP contribution in [0.4, 0.5) is 0 Å². The van der Waals surface area contributed by atoms with Gasteiger partial charge in [-0.3, -0.25) is 0 Å². The van der Waals surface area contributed by atoms with Crippen molar-refractivity contribution in [2.24, 2.45) is 11.7 Å². The minimum atomic E-state index is -3.41. The van der Waals surface area contributed by atoms with Gasteiger partial charge in [-0.1, -0.05) is 13.0 Å². The summed E-state index contributed by atoms with van der Waals surface area (Å²) < 4.78 is 27.2. The number of nitrogens with zero attached hydrogens (tertiary/aromatic N) is 1. The minimum Gasteiger partial charge on any atom is -0.326 e. The highest BCUT2D eigenvalue weighted by Crippen LogP contribution is 2.32. The maximum Gasteiger partial charge on any atom is 0.243 e. The summed E-state index contributed by atoms with van der Waals surface area (Å²) in [6, 6.07) is 3.66. The van der Waals surface area contributed by atoms with Crippen molar-refractivity contribution in [1.82, 2.24) is 4.31 Å². The lowest BCUT2D eigenvalue weighted by atomic mass is 10.1. The van der Waals surface area contributed by atoms with Gasteiger partial charge in [0, 0.05) is 19.6 Å². The summed E-state index contributed by atoms with van der Waals surface area (Å²) in [5.74, 6) is 0.546. The molecule has 0 radical (unpaired) electrons. The largest absolute Gasteiger partial charge is 0.326 e. The van der Waals surface area contributed by atoms with E-state index < -0.39 is 10.0 Å². The number of sulfonamides is 1. The Balaban J connectivity index is 2.41. The molecule has 1 aliphatic rings. The van der Waals surface area contributed by atoms with Crippen molar-refractivity contribution in [1.29, 1.82) is 0 Å². The molecule has 1 saturated carbocycles. The van der Waals surface area contributed by atoms with E-state index >= 15 is 0 Å². The lowest BCUT2D eigenvalue weighted by molar-refractivity contribution is 0.411. The van der Waals surface area contributed by atoms with Crippen LogP contribution in [0.25, 0.3) is 0 Å². The van der Waals surface area contributed by atoms with Gasteiger partial charge in [0.05, 0.1) is 4.90 Å². The molecular weight excluding hydrogens is 272 g/mol. The van der Waals surface area contributed by atoms with Crippen molar-refractivity contribution in [3.8, 4) is 0 Å². The number of rotatable bonds is 6. The average molecular weight is 296 g/mol. The van der Waals surface area contributed by atoms with E-state index in [-0.39, 0.29) is 0 Å². The number of hydrogen-bond acceptors (Lipinski definition) is 3. The molecule has 0 atom stereocenters. The molecule has 1 aliphatic carbocycles. The molecule has 5 heteroatoms. The predicted molar refractivity (Wildman–Crippen MR) is 81.0 cm³/mol. The number of nitrogens with two attached hydrogens (primary N) is 1. The van der Waals surface area contributed by atoms with Crippen LogP contribution in [0.15, 0.2) is 17.0 Å². The maximum absolute atomic E-state index is 12.8. The van der Waals surface area contributed by atoms with E-state index in [1.807, 2.05) is 26.8 Å². The molecule has 0 saturated heterocycles. The first kappa shape index (κ1) is 15.5. The van der Waals surface area contributed by atoms with Crippen LogP contribution in [-0.4, -0.2) is 25.8 Å². The quantitative estimate of drug-likeness (QED) is 0.875. The normalized spacial score (nSPS) is 15.8. The van der Waals surface area contributed by atoms with Crippen molar-refractivity contribution in [2.75, 3.05) is 13.1 Å². The molecule has 0 spiro atoms. The van der Waals surface area contributed by atoms with Gasteiger partial charge in [-0.05, 0) is 55.4 Å². The Morgan fingerprint density at radius 3 is 2.40 bits per heavy atom. The highest BCUT2D eigenvalue weighted by atomic mass is 32.2. The molecule has 0 amide bonds. The second-order valence-electron chi connectivity index (χ2n) is 5.65. The second-order valence-corrected chi connectivity index (χ2v) is 7.55. The molecule has 2 N–H and O–H groups in total. The van der Waals surface area contributed by atoms with Crippen LogP contribution in [0.1, 0.15) is 36.5 Å². The Morgan fingerprint density at radius 1 is 1.25 bits per heavy atom. The van der Waals surface area contributed by atoms with Gasteiger partial charge in [0.15, 0.2) is 0 Å². The average Bonchev–Trinajstić information content (AvgIpc) is 3.19. The number of benzene rings is 1. The Labute approximate surface area is 122 Å². The van der Waals surface area contributed by atoms with Crippen LogP contribution in [-0.2, 0) is 16.6 Å². The topological polar surface area (TPSA) is 63.4 Å². The van der Waals surface area contributed by atoms with Gasteiger partial charge in [0.2, 0.25) is 10.0 Å². The van der Waals surface area contributed by atoms with Crippen molar-refractivity contribution < 1.29 is 8.42 Å². The van der Waals surface area contributed by atoms with E-state index in [1.54, 1.807) is 10.4 Å². The zero-order chi connectivity index (χ0) is 14.9. The summed E-state index contributed by atoms with van der Waals surface area (Å²) in [7, 11) is -3.41. The fourth-order valence-corrected chi connectivity index (χ4v) is 4.28. The predicted octanol–water partition coefficient (Wildman–Crippen LogP) is 2.18. The Morgan fingerprint density at radius 2 is 1.90 bits per heavy atom. The Bertz CT molecular complexity index is 592. The van der Waals surface area contributed by atoms with E-state index in [2.05, 4.69) is 0 Å². The van der Waals surface area contributed by atoms with Crippen LogP contribution in [0.5, 0.6) is 0 Å². The molecule has 0 bridgehead atoms. The third-order valence-electron chi connectivity index (χ3n) is 3.98. The molecule has 112 valence electrons. The molecular formula is C15H24N2O2S. The summed E-state index contributed by atoms with van der Waals surface area (Å²) in [6.45, 7) is 7.24. The van der Waals surface area contributed by atoms with Gasteiger partial charge >= 0.3 is 0 Å². The van der Waals surface area contributed by atoms with Gasteiger partial charge < -0.3 is 5.73 Å². The van der Waals surface area contributed by atoms with Crippen molar-refractivity contribution in [3.63, 3.8) is 0 Å². The van der Waals surface area contributed by atoms with E-state index in [0.717, 1.165) is 29.5 Å². The van der Waals surface area contributed by atoms with E-state index in [4.69, 9.17) is 5.73 Å². The Kier molecular flexibility index (Phi) is 4.52. The van der Waals surface area contributed by atoms with Gasteiger partial charge in [0.1, 0.15) is 0 Å². The van der Waals surface area contributed by atoms with Crippen molar-refractivity contribution in [3.05, 3.63) is 28.8 Å². The second kappa shape index (κ2) is 5.84. The van der Waals surface area contributed by atoms with Gasteiger partial charge in [-0.25, -0.2) is 8.42 Å². The minimum absolute atomic E-state index is 0.364. The molecule has 0 aromatic heterocycles. The first-order valence-electron chi connectivity index (χ1n) is 7.20. The highest BCUT2D eigenvalue weighted by molar-refractivity contribution is 7.89. The van der Waals surface area contributed by atoms with E-state index in [9.17, 15) is 8.42 Å². The van der Waals surface area contributed by atoms with Gasteiger partial charge in [-0.15, -0.1) is 0 Å². The van der Waals surface area contributed by atoms with Crippen LogP contribution < -0.4 is 5.73 Å². The maximum atomic E-state index is 12.8. The van der Waals surface area contributed by atoms with Crippen LogP contribution >= 0.6 is 0 Å². The fraction of sp³-hybridized carbons (Fsp3) is 0.600. The third kappa shape index (κ3) is 3.05. The molecule has 1 aromatic carbocycles. The molecule has 1 aromatic rings. The van der Waals surface area contributed by atoms with Crippen LogP contribution in [0, 0.1) is 19.8 Å². The SMILES string of the molecule is CCN(CC1CC1)S(=O)(=O)c1cc(CN)c(C)cc1C. The fourth-order valence-electron chi connectivity index (χ4n) is 2.50. The first-order valence-corrected chi connectivity index (χ1v) is 8.64. The highest BCUT2D eigenvalue weighted by Gasteiger charge is 2.31. The molecule has 0 unspecified atom stereocenters. The molecule has 1 fully saturated rings. The van der Waals surface area contributed by atoms with Crippen LogP contribution in [0.3, 0.4) is 0 Å². The standard InChI is InChI=1S/C15H24N2O2S/c1-4-17(10-13-5-6-13)20(18,19)15-8-14(9-16)11(2)7-12(15)3/h7-8,13H,4-6,9-10,16H2,1-3H3. The summed E-state index contributed by atoms with van der Waals surface area (Å²) in [4.78, 5) is 0.408. The van der Waals surface area contributed by atoms with Crippen molar-refractivity contribution >= 4 is 10.0 Å². The molecule has 2 rings (SSSR count). The van der Waals surface area contributed by atoms with E-state index in [0.29, 0.717) is 30.4 Å². The monoisotopic (exact) mass is 296 g/mol. The molecule has 0 heterocycles. The number of hydrogen-bond donors (Lipinski definition) is 1. The first-order chi connectivity index (χ1) is 9.40. The summed E-state index contributed by atoms with van der Waals surface area (Å²) >= 11 is 0.